The van der Waals surface area contributed by atoms with Crippen LogP contribution >= 0.6 is 46.4 Å². The van der Waals surface area contributed by atoms with Gasteiger partial charge in [0.25, 0.3) is 10.1 Å². The maximum Gasteiger partial charge on any atom is 0.283 e. The van der Waals surface area contributed by atoms with Crippen molar-refractivity contribution >= 4 is 56.5 Å². The van der Waals surface area contributed by atoms with Crippen LogP contribution < -0.4 is 0 Å². The van der Waals surface area contributed by atoms with E-state index in [-0.39, 0.29) is 26.2 Å². The van der Waals surface area contributed by atoms with Crippen LogP contribution in [-0.4, -0.2) is 23.2 Å². The summed E-state index contributed by atoms with van der Waals surface area (Å²) in [6.07, 6.45) is 0. The largest absolute Gasteiger partial charge is 0.507 e. The van der Waals surface area contributed by atoms with E-state index >= 15 is 0 Å². The summed E-state index contributed by atoms with van der Waals surface area (Å²) in [5.41, 5.74) is -0.739. The molecule has 10 heteroatoms. The highest BCUT2D eigenvalue weighted by molar-refractivity contribution is 7.87. The quantitative estimate of drug-likeness (QED) is 0.311. The van der Waals surface area contributed by atoms with E-state index in [4.69, 9.17) is 46.4 Å². The zero-order valence-electron chi connectivity index (χ0n) is 14.3. The molecule has 3 aromatic carbocycles. The summed E-state index contributed by atoms with van der Waals surface area (Å²) in [5.74, 6) is -1.54. The van der Waals surface area contributed by atoms with Gasteiger partial charge in [0, 0.05) is 16.1 Å². The van der Waals surface area contributed by atoms with Crippen molar-refractivity contribution in [1.82, 2.24) is 0 Å². The monoisotopic (exact) mass is 492 g/mol. The van der Waals surface area contributed by atoms with E-state index in [2.05, 4.69) is 0 Å². The second-order valence-corrected chi connectivity index (χ2v) is 9.31. The first-order chi connectivity index (χ1) is 13.5. The zero-order valence-corrected chi connectivity index (χ0v) is 18.1. The molecular formula is C19H12Cl4O5S. The summed E-state index contributed by atoms with van der Waals surface area (Å²) >= 11 is 24.1. The standard InChI is InChI=1S/C19H12Cl4O5S/c20-12-5-1-3-10(7-12)19(29(26,27)28,11-4-2-6-13(21)8-11)16-15(24)9-14(22)17(23)18(16)25/h1-9,24-25H,(H,26,27,28). The smallest absolute Gasteiger partial charge is 0.283 e. The molecule has 0 spiro atoms. The first-order valence-corrected chi connectivity index (χ1v) is 10.8. The van der Waals surface area contributed by atoms with Gasteiger partial charge in [-0.05, 0) is 35.4 Å². The van der Waals surface area contributed by atoms with Crippen LogP contribution in [0.4, 0.5) is 0 Å². The number of halogens is 4. The van der Waals surface area contributed by atoms with Gasteiger partial charge in [0.2, 0.25) is 0 Å². The molecule has 3 aromatic rings. The van der Waals surface area contributed by atoms with E-state index in [1.165, 1.54) is 48.5 Å². The van der Waals surface area contributed by atoms with Crippen molar-refractivity contribution in [2.24, 2.45) is 0 Å². The van der Waals surface area contributed by atoms with Gasteiger partial charge < -0.3 is 10.2 Å². The van der Waals surface area contributed by atoms with E-state index < -0.39 is 37.0 Å². The Kier molecular flexibility index (Phi) is 5.98. The molecule has 0 unspecified atom stereocenters. The van der Waals surface area contributed by atoms with Gasteiger partial charge in [0.15, 0.2) is 4.75 Å². The Labute approximate surface area is 186 Å². The first kappa shape index (κ1) is 22.0. The molecule has 0 bridgehead atoms. The number of benzene rings is 3. The lowest BCUT2D eigenvalue weighted by atomic mass is 9.83. The van der Waals surface area contributed by atoms with Gasteiger partial charge in [0.1, 0.15) is 16.5 Å². The first-order valence-electron chi connectivity index (χ1n) is 7.89. The van der Waals surface area contributed by atoms with Crippen LogP contribution in [0.3, 0.4) is 0 Å². The molecule has 0 aromatic heterocycles. The minimum absolute atomic E-state index is 0.0706. The number of rotatable bonds is 4. The van der Waals surface area contributed by atoms with Gasteiger partial charge >= 0.3 is 0 Å². The summed E-state index contributed by atoms with van der Waals surface area (Å²) in [7, 11) is -5.13. The molecule has 0 saturated heterocycles. The van der Waals surface area contributed by atoms with E-state index in [0.29, 0.717) is 0 Å². The van der Waals surface area contributed by atoms with Crippen molar-refractivity contribution in [3.8, 4) is 11.5 Å². The Balaban J connectivity index is 2.64. The molecule has 3 rings (SSSR count). The van der Waals surface area contributed by atoms with Crippen LogP contribution in [0.25, 0.3) is 0 Å². The van der Waals surface area contributed by atoms with Gasteiger partial charge in [-0.25, -0.2) is 0 Å². The average Bonchev–Trinajstić information content (AvgIpc) is 2.62. The Morgan fingerprint density at radius 2 is 1.28 bits per heavy atom. The highest BCUT2D eigenvalue weighted by Gasteiger charge is 2.52. The zero-order chi connectivity index (χ0) is 21.6. The molecule has 29 heavy (non-hydrogen) atoms. The normalized spacial score (nSPS) is 12.2. The summed E-state index contributed by atoms with van der Waals surface area (Å²) in [4.78, 5) is 0. The van der Waals surface area contributed by atoms with Crippen LogP contribution in [0.15, 0.2) is 54.6 Å². The number of phenolic OH excluding ortho intramolecular Hbond substituents is 2. The van der Waals surface area contributed by atoms with Gasteiger partial charge in [-0.1, -0.05) is 70.7 Å². The minimum Gasteiger partial charge on any atom is -0.507 e. The Bertz CT molecular complexity index is 1170. The van der Waals surface area contributed by atoms with Crippen molar-refractivity contribution < 1.29 is 23.2 Å². The molecular weight excluding hydrogens is 482 g/mol. The maximum absolute atomic E-state index is 12.9. The van der Waals surface area contributed by atoms with Gasteiger partial charge in [-0.3, -0.25) is 4.55 Å². The molecule has 0 aliphatic carbocycles. The molecule has 0 amide bonds. The number of hydrogen-bond acceptors (Lipinski definition) is 4. The highest BCUT2D eigenvalue weighted by atomic mass is 35.5. The van der Waals surface area contributed by atoms with Crippen molar-refractivity contribution in [3.05, 3.63) is 91.4 Å². The highest BCUT2D eigenvalue weighted by Crippen LogP contribution is 2.54. The molecule has 0 saturated carbocycles. The Hall–Kier alpha value is -1.67. The van der Waals surface area contributed by atoms with Crippen molar-refractivity contribution in [2.45, 2.75) is 4.75 Å². The average molecular weight is 494 g/mol. The van der Waals surface area contributed by atoms with Crippen LogP contribution in [-0.2, 0) is 14.9 Å². The number of phenols is 2. The minimum atomic E-state index is -5.13. The lowest BCUT2D eigenvalue weighted by molar-refractivity contribution is 0.416. The van der Waals surface area contributed by atoms with Crippen LogP contribution in [0.5, 0.6) is 11.5 Å². The topological polar surface area (TPSA) is 94.8 Å². The number of aromatic hydroxyl groups is 2. The summed E-state index contributed by atoms with van der Waals surface area (Å²) in [6, 6.07) is 12.1. The Morgan fingerprint density at radius 3 is 1.69 bits per heavy atom. The van der Waals surface area contributed by atoms with Crippen LogP contribution in [0.1, 0.15) is 16.7 Å². The predicted octanol–water partition coefficient (Wildman–Crippen LogP) is 5.89. The molecule has 0 fully saturated rings. The van der Waals surface area contributed by atoms with Crippen LogP contribution in [0, 0.1) is 0 Å². The summed E-state index contributed by atoms with van der Waals surface area (Å²) in [6.45, 7) is 0. The fourth-order valence-electron chi connectivity index (χ4n) is 3.24. The fraction of sp³-hybridized carbons (Fsp3) is 0.0526. The second kappa shape index (κ2) is 7.87. The lowest BCUT2D eigenvalue weighted by Crippen LogP contribution is -2.38. The molecule has 5 nitrogen and oxygen atoms in total. The van der Waals surface area contributed by atoms with Gasteiger partial charge in [0.05, 0.1) is 10.6 Å². The van der Waals surface area contributed by atoms with E-state index in [1.54, 1.807) is 0 Å². The third-order valence-corrected chi connectivity index (χ3v) is 7.07. The lowest BCUT2D eigenvalue weighted by Gasteiger charge is -2.34. The predicted molar refractivity (Wildman–Crippen MR) is 114 cm³/mol. The van der Waals surface area contributed by atoms with Crippen molar-refractivity contribution in [2.75, 3.05) is 0 Å². The van der Waals surface area contributed by atoms with Crippen LogP contribution in [0.2, 0.25) is 20.1 Å². The van der Waals surface area contributed by atoms with E-state index in [9.17, 15) is 23.2 Å². The molecule has 0 atom stereocenters. The van der Waals surface area contributed by atoms with E-state index in [0.717, 1.165) is 6.07 Å². The van der Waals surface area contributed by atoms with Gasteiger partial charge in [-0.2, -0.15) is 8.42 Å². The molecule has 152 valence electrons. The summed E-state index contributed by atoms with van der Waals surface area (Å²) < 4.78 is 33.8. The van der Waals surface area contributed by atoms with Crippen molar-refractivity contribution in [3.63, 3.8) is 0 Å². The number of hydrogen-bond donors (Lipinski definition) is 3. The Morgan fingerprint density at radius 1 is 0.793 bits per heavy atom. The van der Waals surface area contributed by atoms with Gasteiger partial charge in [-0.15, -0.1) is 0 Å². The molecule has 0 aliphatic rings. The maximum atomic E-state index is 12.9. The fourth-order valence-corrected chi connectivity index (χ4v) is 5.28. The second-order valence-electron chi connectivity index (χ2n) is 6.09. The molecule has 3 N–H and O–H groups in total. The SMILES string of the molecule is O=S(=O)(O)C(c1cccc(Cl)c1)(c1cccc(Cl)c1)c1c(O)cc(Cl)c(Cl)c1O. The molecule has 0 radical (unpaired) electrons. The van der Waals surface area contributed by atoms with Crippen molar-refractivity contribution in [1.29, 1.82) is 0 Å². The molecule has 0 heterocycles. The third-order valence-electron chi connectivity index (χ3n) is 4.38. The van der Waals surface area contributed by atoms with E-state index in [1.807, 2.05) is 0 Å². The third kappa shape index (κ3) is 3.65. The molecule has 0 aliphatic heterocycles. The summed E-state index contributed by atoms with van der Waals surface area (Å²) in [5, 5.41) is 21.0.